The third-order valence-corrected chi connectivity index (χ3v) is 1.91. The van der Waals surface area contributed by atoms with Gasteiger partial charge in [0.15, 0.2) is 0 Å². The Morgan fingerprint density at radius 2 is 2.23 bits per heavy atom. The summed E-state index contributed by atoms with van der Waals surface area (Å²) in [7, 11) is 0. The van der Waals surface area contributed by atoms with Gasteiger partial charge in [0.1, 0.15) is 5.70 Å². The molecule has 0 bridgehead atoms. The zero-order valence-corrected chi connectivity index (χ0v) is 7.17. The van der Waals surface area contributed by atoms with E-state index in [0.29, 0.717) is 0 Å². The molecule has 1 atom stereocenters. The summed E-state index contributed by atoms with van der Waals surface area (Å²) in [4.78, 5) is 21.6. The first kappa shape index (κ1) is 9.73. The van der Waals surface area contributed by atoms with Crippen molar-refractivity contribution < 1.29 is 14.7 Å². The molecule has 1 fully saturated rings. The third-order valence-electron chi connectivity index (χ3n) is 1.91. The highest BCUT2D eigenvalue weighted by Gasteiger charge is 2.23. The van der Waals surface area contributed by atoms with Crippen molar-refractivity contribution in [2.24, 2.45) is 0 Å². The van der Waals surface area contributed by atoms with Crippen LogP contribution in [-0.4, -0.2) is 29.6 Å². The molecule has 5 heteroatoms. The van der Waals surface area contributed by atoms with Gasteiger partial charge in [-0.05, 0) is 19.4 Å². The van der Waals surface area contributed by atoms with Crippen LogP contribution in [0.2, 0.25) is 0 Å². The average molecular weight is 184 g/mol. The lowest BCUT2D eigenvalue weighted by Gasteiger charge is -2.09. The van der Waals surface area contributed by atoms with E-state index in [2.05, 4.69) is 17.2 Å². The van der Waals surface area contributed by atoms with Crippen LogP contribution in [0.5, 0.6) is 0 Å². The molecule has 1 aliphatic rings. The summed E-state index contributed by atoms with van der Waals surface area (Å²) in [5, 5.41) is 13.6. The molecular formula is C8H12N2O3. The normalized spacial score (nSPS) is 21.1. The van der Waals surface area contributed by atoms with E-state index in [0.717, 1.165) is 19.4 Å². The molecule has 0 spiro atoms. The molecule has 1 heterocycles. The van der Waals surface area contributed by atoms with Gasteiger partial charge in [-0.2, -0.15) is 0 Å². The number of nitrogens with one attached hydrogen (secondary N) is 2. The first-order valence-corrected chi connectivity index (χ1v) is 4.07. The highest BCUT2D eigenvalue weighted by atomic mass is 16.4. The molecule has 1 amide bonds. The number of aliphatic carboxylic acids is 1. The predicted octanol–water partition coefficient (Wildman–Crippen LogP) is -0.547. The second-order valence-corrected chi connectivity index (χ2v) is 2.92. The Morgan fingerprint density at radius 3 is 2.69 bits per heavy atom. The number of carboxylic acids is 1. The van der Waals surface area contributed by atoms with E-state index < -0.39 is 5.97 Å². The second-order valence-electron chi connectivity index (χ2n) is 2.92. The summed E-state index contributed by atoms with van der Waals surface area (Å²) < 4.78 is 0. The van der Waals surface area contributed by atoms with Crippen LogP contribution in [0.3, 0.4) is 0 Å². The van der Waals surface area contributed by atoms with E-state index in [4.69, 9.17) is 5.11 Å². The Kier molecular flexibility index (Phi) is 3.02. The molecule has 0 aromatic rings. The van der Waals surface area contributed by atoms with Gasteiger partial charge in [0, 0.05) is 0 Å². The summed E-state index contributed by atoms with van der Waals surface area (Å²) in [5.74, 6) is -1.52. The van der Waals surface area contributed by atoms with Crippen LogP contribution in [0.4, 0.5) is 0 Å². The fourth-order valence-electron chi connectivity index (χ4n) is 1.20. The van der Waals surface area contributed by atoms with Crippen LogP contribution in [0.1, 0.15) is 12.8 Å². The zero-order chi connectivity index (χ0) is 9.84. The van der Waals surface area contributed by atoms with E-state index in [1.54, 1.807) is 0 Å². The monoisotopic (exact) mass is 184 g/mol. The van der Waals surface area contributed by atoms with Crippen LogP contribution in [0.25, 0.3) is 0 Å². The molecule has 0 aliphatic carbocycles. The van der Waals surface area contributed by atoms with Gasteiger partial charge < -0.3 is 15.7 Å². The molecule has 3 N–H and O–H groups in total. The first-order valence-electron chi connectivity index (χ1n) is 4.07. The molecule has 0 aromatic heterocycles. The Morgan fingerprint density at radius 1 is 1.54 bits per heavy atom. The van der Waals surface area contributed by atoms with Crippen molar-refractivity contribution in [3.63, 3.8) is 0 Å². The van der Waals surface area contributed by atoms with Crippen LogP contribution >= 0.6 is 0 Å². The molecule has 0 aromatic carbocycles. The fraction of sp³-hybridized carbons (Fsp3) is 0.500. The molecule has 5 nitrogen and oxygen atoms in total. The van der Waals surface area contributed by atoms with Crippen LogP contribution < -0.4 is 10.6 Å². The first-order chi connectivity index (χ1) is 6.11. The Hall–Kier alpha value is -1.36. The number of rotatable bonds is 3. The summed E-state index contributed by atoms with van der Waals surface area (Å²) >= 11 is 0. The minimum Gasteiger partial charge on any atom is -0.477 e. The van der Waals surface area contributed by atoms with E-state index in [1.165, 1.54) is 0 Å². The lowest BCUT2D eigenvalue weighted by Crippen LogP contribution is -2.41. The fourth-order valence-corrected chi connectivity index (χ4v) is 1.20. The summed E-state index contributed by atoms with van der Waals surface area (Å²) in [6, 6.07) is -0.268. The minimum atomic E-state index is -1.20. The molecular weight excluding hydrogens is 172 g/mol. The topological polar surface area (TPSA) is 78.4 Å². The van der Waals surface area contributed by atoms with Crippen molar-refractivity contribution >= 4 is 11.9 Å². The molecule has 0 saturated carbocycles. The summed E-state index contributed by atoms with van der Waals surface area (Å²) in [5.41, 5.74) is -0.279. The maximum absolute atomic E-state index is 11.3. The standard InChI is InChI=1S/C8H12N2O3/c1-5(8(12)13)10-7(11)6-3-2-4-9-6/h6,9H,1-4H2,(H,10,11)(H,12,13). The zero-order valence-electron chi connectivity index (χ0n) is 7.17. The van der Waals surface area contributed by atoms with Crippen molar-refractivity contribution in [2.75, 3.05) is 6.54 Å². The number of amides is 1. The number of carbonyl (C=O) groups is 2. The van der Waals surface area contributed by atoms with Gasteiger partial charge in [-0.15, -0.1) is 0 Å². The van der Waals surface area contributed by atoms with Gasteiger partial charge in [-0.1, -0.05) is 6.58 Å². The average Bonchev–Trinajstić information content (AvgIpc) is 2.55. The van der Waals surface area contributed by atoms with E-state index >= 15 is 0 Å². The smallest absolute Gasteiger partial charge is 0.351 e. The predicted molar refractivity (Wildman–Crippen MR) is 45.9 cm³/mol. The van der Waals surface area contributed by atoms with Crippen molar-refractivity contribution in [1.82, 2.24) is 10.6 Å². The van der Waals surface area contributed by atoms with Crippen molar-refractivity contribution in [1.29, 1.82) is 0 Å². The van der Waals surface area contributed by atoms with E-state index in [-0.39, 0.29) is 17.6 Å². The third kappa shape index (κ3) is 2.55. The summed E-state index contributed by atoms with van der Waals surface area (Å²) in [6.45, 7) is 4.01. The van der Waals surface area contributed by atoms with Gasteiger partial charge in [-0.25, -0.2) is 4.79 Å². The van der Waals surface area contributed by atoms with Crippen molar-refractivity contribution in [3.8, 4) is 0 Å². The van der Waals surface area contributed by atoms with Crippen molar-refractivity contribution in [2.45, 2.75) is 18.9 Å². The lowest BCUT2D eigenvalue weighted by atomic mass is 10.2. The summed E-state index contributed by atoms with van der Waals surface area (Å²) in [6.07, 6.45) is 1.69. The number of hydrogen-bond acceptors (Lipinski definition) is 3. The van der Waals surface area contributed by atoms with Crippen LogP contribution in [0, 0.1) is 0 Å². The lowest BCUT2D eigenvalue weighted by molar-refractivity contribution is -0.134. The Bertz CT molecular complexity index is 244. The van der Waals surface area contributed by atoms with E-state index in [1.807, 2.05) is 0 Å². The molecule has 0 radical (unpaired) electrons. The Labute approximate surface area is 75.8 Å². The number of carboxylic acid groups (broad SMARTS) is 1. The maximum Gasteiger partial charge on any atom is 0.351 e. The van der Waals surface area contributed by atoms with Gasteiger partial charge in [0.2, 0.25) is 5.91 Å². The maximum atomic E-state index is 11.3. The molecule has 72 valence electrons. The van der Waals surface area contributed by atoms with Crippen LogP contribution in [0.15, 0.2) is 12.3 Å². The highest BCUT2D eigenvalue weighted by molar-refractivity contribution is 5.93. The van der Waals surface area contributed by atoms with Crippen molar-refractivity contribution in [3.05, 3.63) is 12.3 Å². The molecule has 13 heavy (non-hydrogen) atoms. The molecule has 1 unspecified atom stereocenters. The quantitative estimate of drug-likeness (QED) is 0.514. The van der Waals surface area contributed by atoms with Crippen LogP contribution in [-0.2, 0) is 9.59 Å². The van der Waals surface area contributed by atoms with E-state index in [9.17, 15) is 9.59 Å². The second kappa shape index (κ2) is 4.04. The molecule has 1 saturated heterocycles. The highest BCUT2D eigenvalue weighted by Crippen LogP contribution is 2.04. The SMILES string of the molecule is C=C(NC(=O)C1CCCN1)C(=O)O. The molecule has 1 rings (SSSR count). The van der Waals surface area contributed by atoms with Gasteiger partial charge >= 0.3 is 5.97 Å². The van der Waals surface area contributed by atoms with Gasteiger partial charge in [-0.3, -0.25) is 4.79 Å². The van der Waals surface area contributed by atoms with Gasteiger partial charge in [0.25, 0.3) is 0 Å². The molecule has 1 aliphatic heterocycles. The Balaban J connectivity index is 2.40. The minimum absolute atomic E-state index is 0.268. The number of carbonyl (C=O) groups excluding carboxylic acids is 1. The number of hydrogen-bond donors (Lipinski definition) is 3. The van der Waals surface area contributed by atoms with Gasteiger partial charge in [0.05, 0.1) is 6.04 Å². The largest absolute Gasteiger partial charge is 0.477 e.